The Hall–Kier alpha value is -0.170. The third kappa shape index (κ3) is 3.90. The molecule has 1 saturated carbocycles. The van der Waals surface area contributed by atoms with E-state index in [9.17, 15) is 13.5 Å². The smallest absolute Gasteiger partial charge is 0.279 e. The number of rotatable bonds is 4. The standard InChI is InChI=1S/C13H26N2O3S/c1-12(2)5-7-13(16,8-6-12)11-14-19(17,18)15-9-3-4-10-15/h14,16H,3-11H2,1-2H3. The number of nitrogens with zero attached hydrogens (tertiary/aromatic N) is 1. The van der Waals surface area contributed by atoms with E-state index < -0.39 is 15.8 Å². The molecule has 0 atom stereocenters. The Balaban J connectivity index is 1.88. The topological polar surface area (TPSA) is 69.6 Å². The highest BCUT2D eigenvalue weighted by Crippen LogP contribution is 2.39. The minimum atomic E-state index is -3.40. The molecule has 1 heterocycles. The molecule has 19 heavy (non-hydrogen) atoms. The van der Waals surface area contributed by atoms with Gasteiger partial charge in [-0.15, -0.1) is 0 Å². The van der Waals surface area contributed by atoms with E-state index in [-0.39, 0.29) is 12.0 Å². The second-order valence-electron chi connectivity index (χ2n) is 6.82. The summed E-state index contributed by atoms with van der Waals surface area (Å²) >= 11 is 0. The van der Waals surface area contributed by atoms with E-state index in [4.69, 9.17) is 0 Å². The van der Waals surface area contributed by atoms with Crippen molar-refractivity contribution in [2.24, 2.45) is 5.41 Å². The van der Waals surface area contributed by atoms with Crippen molar-refractivity contribution in [3.63, 3.8) is 0 Å². The maximum atomic E-state index is 12.0. The first-order chi connectivity index (χ1) is 8.73. The van der Waals surface area contributed by atoms with Crippen LogP contribution in [0.25, 0.3) is 0 Å². The normalized spacial score (nSPS) is 27.5. The Morgan fingerprint density at radius 1 is 1.11 bits per heavy atom. The Morgan fingerprint density at radius 3 is 2.16 bits per heavy atom. The average Bonchev–Trinajstić information content (AvgIpc) is 2.86. The number of nitrogens with one attached hydrogen (secondary N) is 1. The van der Waals surface area contributed by atoms with Crippen molar-refractivity contribution in [2.45, 2.75) is 58.0 Å². The van der Waals surface area contributed by atoms with Crippen molar-refractivity contribution in [1.82, 2.24) is 9.03 Å². The van der Waals surface area contributed by atoms with E-state index in [0.717, 1.165) is 25.7 Å². The molecule has 0 unspecified atom stereocenters. The zero-order valence-electron chi connectivity index (χ0n) is 12.0. The zero-order chi connectivity index (χ0) is 14.1. The lowest BCUT2D eigenvalue weighted by Crippen LogP contribution is -2.49. The van der Waals surface area contributed by atoms with E-state index in [1.54, 1.807) is 0 Å². The van der Waals surface area contributed by atoms with Crippen molar-refractivity contribution >= 4 is 10.2 Å². The molecule has 0 radical (unpaired) electrons. The minimum absolute atomic E-state index is 0.141. The van der Waals surface area contributed by atoms with E-state index in [1.807, 2.05) is 0 Å². The summed E-state index contributed by atoms with van der Waals surface area (Å²) < 4.78 is 28.2. The molecule has 1 aliphatic carbocycles. The first-order valence-corrected chi connectivity index (χ1v) is 8.64. The molecule has 1 saturated heterocycles. The van der Waals surface area contributed by atoms with Gasteiger partial charge in [-0.05, 0) is 43.9 Å². The second-order valence-corrected chi connectivity index (χ2v) is 8.58. The Labute approximate surface area is 116 Å². The van der Waals surface area contributed by atoms with Crippen LogP contribution in [0.15, 0.2) is 0 Å². The number of hydrogen-bond donors (Lipinski definition) is 2. The van der Waals surface area contributed by atoms with Gasteiger partial charge in [0.15, 0.2) is 0 Å². The van der Waals surface area contributed by atoms with Crippen LogP contribution in [-0.2, 0) is 10.2 Å². The van der Waals surface area contributed by atoms with Gasteiger partial charge in [-0.2, -0.15) is 17.4 Å². The summed E-state index contributed by atoms with van der Waals surface area (Å²) in [5, 5.41) is 10.5. The summed E-state index contributed by atoms with van der Waals surface area (Å²) in [5.41, 5.74) is -0.609. The first kappa shape index (κ1) is 15.2. The van der Waals surface area contributed by atoms with Crippen LogP contribution in [-0.4, -0.2) is 43.1 Å². The fourth-order valence-electron chi connectivity index (χ4n) is 2.81. The second kappa shape index (κ2) is 5.31. The van der Waals surface area contributed by atoms with Crippen LogP contribution in [0.5, 0.6) is 0 Å². The number of aliphatic hydroxyl groups is 1. The molecule has 0 aromatic heterocycles. The Morgan fingerprint density at radius 2 is 1.63 bits per heavy atom. The number of hydrogen-bond acceptors (Lipinski definition) is 3. The molecule has 6 heteroatoms. The van der Waals surface area contributed by atoms with Gasteiger partial charge in [0.2, 0.25) is 0 Å². The van der Waals surface area contributed by atoms with E-state index >= 15 is 0 Å². The van der Waals surface area contributed by atoms with Crippen molar-refractivity contribution in [3.05, 3.63) is 0 Å². The van der Waals surface area contributed by atoms with Crippen molar-refractivity contribution in [2.75, 3.05) is 19.6 Å². The van der Waals surface area contributed by atoms with Crippen LogP contribution in [0.2, 0.25) is 0 Å². The largest absolute Gasteiger partial charge is 0.389 e. The summed E-state index contributed by atoms with van der Waals surface area (Å²) in [5.74, 6) is 0. The highest BCUT2D eigenvalue weighted by Gasteiger charge is 2.38. The van der Waals surface area contributed by atoms with Crippen LogP contribution >= 0.6 is 0 Å². The van der Waals surface area contributed by atoms with Gasteiger partial charge in [-0.1, -0.05) is 13.8 Å². The van der Waals surface area contributed by atoms with E-state index in [1.165, 1.54) is 4.31 Å². The molecular weight excluding hydrogens is 264 g/mol. The lowest BCUT2D eigenvalue weighted by atomic mass is 9.71. The summed E-state index contributed by atoms with van der Waals surface area (Å²) in [6.45, 7) is 5.73. The predicted molar refractivity (Wildman–Crippen MR) is 74.9 cm³/mol. The van der Waals surface area contributed by atoms with Crippen molar-refractivity contribution < 1.29 is 13.5 Å². The van der Waals surface area contributed by atoms with Gasteiger partial charge in [0.05, 0.1) is 5.60 Å². The van der Waals surface area contributed by atoms with Gasteiger partial charge in [-0.25, -0.2) is 0 Å². The summed E-state index contributed by atoms with van der Waals surface area (Å²) in [6, 6.07) is 0. The quantitative estimate of drug-likeness (QED) is 0.818. The highest BCUT2D eigenvalue weighted by molar-refractivity contribution is 7.87. The van der Waals surface area contributed by atoms with Crippen molar-refractivity contribution in [1.29, 1.82) is 0 Å². The predicted octanol–water partition coefficient (Wildman–Crippen LogP) is 1.25. The van der Waals surface area contributed by atoms with E-state index in [0.29, 0.717) is 25.9 Å². The summed E-state index contributed by atoms with van der Waals surface area (Å²) in [4.78, 5) is 0. The molecule has 0 bridgehead atoms. The molecule has 0 aromatic carbocycles. The first-order valence-electron chi connectivity index (χ1n) is 7.20. The molecule has 0 aromatic rings. The maximum Gasteiger partial charge on any atom is 0.279 e. The summed E-state index contributed by atoms with van der Waals surface area (Å²) in [6.07, 6.45) is 5.08. The van der Waals surface area contributed by atoms with Gasteiger partial charge >= 0.3 is 0 Å². The van der Waals surface area contributed by atoms with Crippen LogP contribution in [0.4, 0.5) is 0 Å². The molecule has 2 aliphatic rings. The van der Waals surface area contributed by atoms with Gasteiger partial charge < -0.3 is 5.11 Å². The van der Waals surface area contributed by atoms with Crippen LogP contribution < -0.4 is 4.72 Å². The Kier molecular flexibility index (Phi) is 4.26. The molecule has 0 amide bonds. The fraction of sp³-hybridized carbons (Fsp3) is 1.00. The lowest BCUT2D eigenvalue weighted by Gasteiger charge is -2.40. The van der Waals surface area contributed by atoms with Crippen LogP contribution in [0.1, 0.15) is 52.4 Å². The van der Waals surface area contributed by atoms with Crippen LogP contribution in [0.3, 0.4) is 0 Å². The van der Waals surface area contributed by atoms with Gasteiger partial charge in [0, 0.05) is 19.6 Å². The molecular formula is C13H26N2O3S. The highest BCUT2D eigenvalue weighted by atomic mass is 32.2. The van der Waals surface area contributed by atoms with Gasteiger partial charge in [0.1, 0.15) is 0 Å². The minimum Gasteiger partial charge on any atom is -0.389 e. The summed E-state index contributed by atoms with van der Waals surface area (Å²) in [7, 11) is -3.40. The fourth-order valence-corrected chi connectivity index (χ4v) is 4.19. The molecule has 112 valence electrons. The molecule has 2 fully saturated rings. The molecule has 5 nitrogen and oxygen atoms in total. The Bertz CT molecular complexity index is 404. The molecule has 2 N–H and O–H groups in total. The average molecular weight is 290 g/mol. The van der Waals surface area contributed by atoms with E-state index in [2.05, 4.69) is 18.6 Å². The molecule has 1 aliphatic heterocycles. The molecule has 2 rings (SSSR count). The zero-order valence-corrected chi connectivity index (χ0v) is 12.8. The lowest BCUT2D eigenvalue weighted by molar-refractivity contribution is -0.0207. The third-order valence-corrected chi connectivity index (χ3v) is 6.08. The van der Waals surface area contributed by atoms with Gasteiger partial charge in [-0.3, -0.25) is 0 Å². The SMILES string of the molecule is CC1(C)CCC(O)(CNS(=O)(=O)N2CCCC2)CC1. The monoisotopic (exact) mass is 290 g/mol. The third-order valence-electron chi connectivity index (χ3n) is 4.52. The van der Waals surface area contributed by atoms with Crippen molar-refractivity contribution in [3.8, 4) is 0 Å². The van der Waals surface area contributed by atoms with Crippen LogP contribution in [0, 0.1) is 5.41 Å². The molecule has 0 spiro atoms. The van der Waals surface area contributed by atoms with Gasteiger partial charge in [0.25, 0.3) is 10.2 Å². The maximum absolute atomic E-state index is 12.0.